The number of ether oxygens (including phenoxy) is 3. The van der Waals surface area contributed by atoms with E-state index in [-0.39, 0.29) is 56.7 Å². The fourth-order valence-electron chi connectivity index (χ4n) is 10.5. The molecule has 86 heavy (non-hydrogen) atoms. The summed E-state index contributed by atoms with van der Waals surface area (Å²) in [4.78, 5) is 103. The fraction of sp³-hybridized carbons (Fsp3) is 0.169. The van der Waals surface area contributed by atoms with Gasteiger partial charge in [-0.05, 0) is 108 Å². The number of hydrogen-bond donors (Lipinski definition) is 15. The zero-order chi connectivity index (χ0) is 61.2. The predicted octanol–water partition coefficient (Wildman–Crippen LogP) is 5.25. The van der Waals surface area contributed by atoms with Gasteiger partial charge in [0.25, 0.3) is 0 Å². The van der Waals surface area contributed by atoms with E-state index in [2.05, 4.69) is 37.2 Å². The summed E-state index contributed by atoms with van der Waals surface area (Å²) in [6.07, 6.45) is -2.38. The van der Waals surface area contributed by atoms with Gasteiger partial charge in [0.15, 0.2) is 29.0 Å². The smallest absolute Gasteiger partial charge is 0.330 e. The molecule has 0 radical (unpaired) electrons. The molecule has 6 aliphatic heterocycles. The number of nitrogens with one attached hydrogen (secondary N) is 7. The number of carboxylic acid groups (broad SMARTS) is 1. The van der Waals surface area contributed by atoms with Crippen LogP contribution >= 0.6 is 23.2 Å². The molecule has 440 valence electrons. The molecule has 0 aromatic heterocycles. The Bertz CT molecular complexity index is 4040. The Balaban J connectivity index is 1.14. The average molecular weight is 1210 g/mol. The van der Waals surface area contributed by atoms with Crippen molar-refractivity contribution in [2.75, 3.05) is 7.05 Å². The number of hydrogen-bond acceptors (Lipinski definition) is 18. The fourth-order valence-corrected chi connectivity index (χ4v) is 10.9. The van der Waals surface area contributed by atoms with Crippen LogP contribution < -0.4 is 51.4 Å². The molecule has 0 aliphatic carbocycles. The molecule has 0 saturated heterocycles. The van der Waals surface area contributed by atoms with Crippen LogP contribution in [0.1, 0.15) is 75.3 Å². The summed E-state index contributed by atoms with van der Waals surface area (Å²) >= 11 is 13.6. The Morgan fingerprint density at radius 1 is 0.523 bits per heavy atom. The number of carboxylic acids is 1. The quantitative estimate of drug-likeness (QED) is 0.105. The lowest BCUT2D eigenvalue weighted by Gasteiger charge is -2.31. The second kappa shape index (κ2) is 22.6. The number of phenolic OH excluding ortho intramolecular Hbond substituents is 6. The number of halogens is 2. The number of carbonyl (C=O) groups excluding carboxylic acids is 6. The summed E-state index contributed by atoms with van der Waals surface area (Å²) < 4.78 is 18.5. The van der Waals surface area contributed by atoms with Crippen molar-refractivity contribution in [2.24, 2.45) is 0 Å². The number of aliphatic carboxylic acids is 1. The van der Waals surface area contributed by atoms with Gasteiger partial charge in [0.05, 0.1) is 10.0 Å². The van der Waals surface area contributed by atoms with Crippen LogP contribution in [0.5, 0.6) is 69.0 Å². The van der Waals surface area contributed by atoms with Crippen molar-refractivity contribution in [1.82, 2.24) is 37.2 Å². The molecule has 25 nitrogen and oxygen atoms in total. The number of phenols is 6. The maximum Gasteiger partial charge on any atom is 0.330 e. The van der Waals surface area contributed by atoms with Crippen LogP contribution in [-0.2, 0) is 40.0 Å². The van der Waals surface area contributed by atoms with E-state index in [0.29, 0.717) is 5.56 Å². The van der Waals surface area contributed by atoms with Crippen LogP contribution in [0.2, 0.25) is 10.0 Å². The van der Waals surface area contributed by atoms with Crippen LogP contribution in [0.25, 0.3) is 11.1 Å². The molecule has 15 N–H and O–H groups in total. The zero-order valence-corrected chi connectivity index (χ0v) is 45.7. The molecule has 17 bridgehead atoms. The monoisotopic (exact) mass is 1210 g/mol. The van der Waals surface area contributed by atoms with E-state index < -0.39 is 163 Å². The number of aliphatic hydroxyl groups excluding tert-OH is 1. The Kier molecular flexibility index (Phi) is 15.1. The molecule has 6 heterocycles. The maximum atomic E-state index is 15.7. The minimum atomic E-state index is -2.19. The van der Waals surface area contributed by atoms with Gasteiger partial charge in [-0.3, -0.25) is 28.8 Å². The van der Waals surface area contributed by atoms with Gasteiger partial charge in [-0.25, -0.2) is 4.79 Å². The van der Waals surface area contributed by atoms with Crippen LogP contribution in [-0.4, -0.2) is 101 Å². The molecule has 6 aliphatic rings. The molecule has 6 amide bonds. The van der Waals surface area contributed by atoms with Gasteiger partial charge < -0.3 is 92.3 Å². The van der Waals surface area contributed by atoms with Crippen molar-refractivity contribution in [3.63, 3.8) is 0 Å². The largest absolute Gasteiger partial charge is 0.508 e. The number of amides is 6. The number of fused-ring (bicyclic) bond motifs is 14. The van der Waals surface area contributed by atoms with Gasteiger partial charge in [-0.2, -0.15) is 0 Å². The van der Waals surface area contributed by atoms with E-state index in [1.54, 1.807) is 0 Å². The molecular weight excluding hydrogens is 1170 g/mol. The second-order valence-corrected chi connectivity index (χ2v) is 21.1. The molecular formula is C59H47Cl2N7O18. The Morgan fingerprint density at radius 2 is 1.15 bits per heavy atom. The van der Waals surface area contributed by atoms with E-state index >= 15 is 14.4 Å². The topological polar surface area (TPSA) is 393 Å². The first-order valence-corrected chi connectivity index (χ1v) is 26.7. The van der Waals surface area contributed by atoms with Gasteiger partial charge >= 0.3 is 5.97 Å². The zero-order valence-electron chi connectivity index (χ0n) is 44.2. The van der Waals surface area contributed by atoms with E-state index in [4.69, 9.17) is 37.4 Å². The van der Waals surface area contributed by atoms with Crippen LogP contribution in [0.3, 0.4) is 0 Å². The van der Waals surface area contributed by atoms with Crippen molar-refractivity contribution in [1.29, 1.82) is 0 Å². The van der Waals surface area contributed by atoms with Crippen LogP contribution in [0, 0.1) is 0 Å². The number of aromatic hydroxyl groups is 6. The molecule has 7 aromatic rings. The van der Waals surface area contributed by atoms with E-state index in [1.807, 2.05) is 0 Å². The Labute approximate surface area is 494 Å². The lowest BCUT2D eigenvalue weighted by molar-refractivity contribution is -0.143. The normalized spacial score (nSPS) is 21.9. The molecule has 0 fully saturated rings. The summed E-state index contributed by atoms with van der Waals surface area (Å²) in [5.74, 6) is -14.6. The second-order valence-electron chi connectivity index (χ2n) is 20.3. The third-order valence-corrected chi connectivity index (χ3v) is 15.4. The lowest BCUT2D eigenvalue weighted by Crippen LogP contribution is -2.55. The number of benzene rings is 7. The highest BCUT2D eigenvalue weighted by Gasteiger charge is 2.41. The minimum Gasteiger partial charge on any atom is -0.508 e. The van der Waals surface area contributed by atoms with Crippen molar-refractivity contribution in [2.45, 2.75) is 54.8 Å². The number of rotatable bonds is 2. The molecule has 7 aromatic carbocycles. The number of likely N-dealkylation sites (N-methyl/N-ethyl adjacent to an activating group) is 1. The van der Waals surface area contributed by atoms with Gasteiger partial charge in [0, 0.05) is 40.8 Å². The van der Waals surface area contributed by atoms with Crippen molar-refractivity contribution in [3.05, 3.63) is 164 Å². The molecule has 8 atom stereocenters. The lowest BCUT2D eigenvalue weighted by atomic mass is 9.89. The molecule has 27 heteroatoms. The van der Waals surface area contributed by atoms with Gasteiger partial charge in [-0.15, -0.1) is 0 Å². The van der Waals surface area contributed by atoms with E-state index in [1.165, 1.54) is 61.6 Å². The molecule has 0 saturated carbocycles. The maximum absolute atomic E-state index is 15.7. The third kappa shape index (κ3) is 10.9. The molecule has 0 unspecified atom stereocenters. The van der Waals surface area contributed by atoms with Crippen molar-refractivity contribution >= 4 is 64.6 Å². The van der Waals surface area contributed by atoms with Crippen molar-refractivity contribution < 1.29 is 88.6 Å². The highest BCUT2D eigenvalue weighted by Crippen LogP contribution is 2.48. The number of carbonyl (C=O) groups is 7. The highest BCUT2D eigenvalue weighted by molar-refractivity contribution is 6.33. The summed E-state index contributed by atoms with van der Waals surface area (Å²) in [6, 6.07) is 9.35. The summed E-state index contributed by atoms with van der Waals surface area (Å²) in [5.41, 5.74) is -1.87. The van der Waals surface area contributed by atoms with E-state index in [0.717, 1.165) is 60.7 Å². The van der Waals surface area contributed by atoms with E-state index in [9.17, 15) is 60.0 Å². The Hall–Kier alpha value is -10.5. The molecule has 13 rings (SSSR count). The first kappa shape index (κ1) is 57.4. The highest BCUT2D eigenvalue weighted by atomic mass is 35.5. The van der Waals surface area contributed by atoms with Crippen molar-refractivity contribution in [3.8, 4) is 80.1 Å². The summed E-state index contributed by atoms with van der Waals surface area (Å²) in [6.45, 7) is 0. The SMILES string of the molecule is CN[C@H]1C(=O)N[C@@H]2Cc3ccc(cc3)Oc3cc4cc(c3O)Oc3ccc(cc3Cl)[C@@H](O)[C@@H]3NC(=O)[C@H](NC(=O)[C@@H]4NC(=O)[C@@H](NC2=O)c2cc(cc(O)c2Cl)Oc2cc1ccc2O)c1ccc(O)c(c1)-c1c(O)cc(O)cc1[C@@H](C(=O)O)NC3=O. The number of aliphatic hydroxyl groups is 1. The average Bonchev–Trinajstić information content (AvgIpc) is 2.35. The third-order valence-electron chi connectivity index (χ3n) is 14.7. The van der Waals surface area contributed by atoms with Gasteiger partial charge in [0.1, 0.15) is 82.6 Å². The summed E-state index contributed by atoms with van der Waals surface area (Å²) in [7, 11) is 1.46. The van der Waals surface area contributed by atoms with Gasteiger partial charge in [0.2, 0.25) is 41.2 Å². The summed E-state index contributed by atoms with van der Waals surface area (Å²) in [5, 5.41) is 108. The standard InChI is InChI=1S/C59H47Cl2N7O18/c1-62-45-24-5-10-36(71)40(15-24)85-29-20-32(44(61)38(73)21-29)48-57(80)65-47-26-16-41(84-28-7-2-22(3-8-28)12-34(53(76)66-48)63-54(45)77)52(75)42(17-26)86-39-11-6-25(14-33(39)60)51(74)50-58(81)67-49(59(82)83)31-18-27(69)19-37(72)43(31)30-13-23(4-9-35(30)70)46(55(78)68-50)64-56(47)79/h2-11,13-21,34,45-51,62,69-75H,12H2,1H3,(H,63,77)(H,64,79)(H,65,80)(H,66,76)(H,67,81)(H,68,78)(H,82,83)/t34-,45-,46-,47-,48+,49+,50+,51-/m1/s1. The predicted molar refractivity (Wildman–Crippen MR) is 300 cm³/mol. The van der Waals surface area contributed by atoms with Crippen LogP contribution in [0.15, 0.2) is 115 Å². The first-order chi connectivity index (χ1) is 41.0. The Morgan fingerprint density at radius 3 is 1.86 bits per heavy atom. The van der Waals surface area contributed by atoms with Crippen LogP contribution in [0.4, 0.5) is 0 Å². The van der Waals surface area contributed by atoms with Gasteiger partial charge in [-0.1, -0.05) is 53.5 Å². The molecule has 0 spiro atoms. The first-order valence-electron chi connectivity index (χ1n) is 26.0. The minimum absolute atomic E-state index is 0.0430.